The number of amides is 1. The minimum atomic E-state index is -0.0654. The number of carbonyl (C=O) groups excluding carboxylic acids is 1. The van der Waals surface area contributed by atoms with E-state index in [1.165, 1.54) is 0 Å². The summed E-state index contributed by atoms with van der Waals surface area (Å²) in [7, 11) is 0. The Morgan fingerprint density at radius 2 is 2.20 bits per heavy atom. The van der Waals surface area contributed by atoms with Crippen LogP contribution < -0.4 is 5.32 Å². The maximum absolute atomic E-state index is 11.6. The van der Waals surface area contributed by atoms with E-state index < -0.39 is 0 Å². The summed E-state index contributed by atoms with van der Waals surface area (Å²) in [5.41, 5.74) is 4.14. The van der Waals surface area contributed by atoms with Gasteiger partial charge in [0.15, 0.2) is 0 Å². The Morgan fingerprint density at radius 1 is 1.30 bits per heavy atom. The van der Waals surface area contributed by atoms with E-state index in [0.717, 1.165) is 11.1 Å². The fourth-order valence-electron chi connectivity index (χ4n) is 2.60. The average molecular weight is 266 g/mol. The van der Waals surface area contributed by atoms with Gasteiger partial charge in [0.25, 0.3) is 0 Å². The van der Waals surface area contributed by atoms with Crippen LogP contribution in [0, 0.1) is 0 Å². The Labute approximate surface area is 113 Å². The lowest BCUT2D eigenvalue weighted by Crippen LogP contribution is -2.04. The molecule has 0 saturated heterocycles. The number of anilines is 1. The molecule has 98 valence electrons. The zero-order valence-electron chi connectivity index (χ0n) is 10.3. The van der Waals surface area contributed by atoms with Crippen LogP contribution >= 0.6 is 0 Å². The zero-order valence-corrected chi connectivity index (χ0v) is 10.3. The third-order valence-electron chi connectivity index (χ3n) is 3.43. The minimum Gasteiger partial charge on any atom is -0.506 e. The monoisotopic (exact) mass is 266 g/mol. The summed E-state index contributed by atoms with van der Waals surface area (Å²) in [6.07, 6.45) is 3.51. The summed E-state index contributed by atoms with van der Waals surface area (Å²) in [5.74, 6) is -0.00401. The van der Waals surface area contributed by atoms with Gasteiger partial charge in [-0.1, -0.05) is 0 Å². The second kappa shape index (κ2) is 3.80. The number of hydrogen-bond donors (Lipinski definition) is 3. The van der Waals surface area contributed by atoms with Crippen molar-refractivity contribution in [2.45, 2.75) is 6.42 Å². The van der Waals surface area contributed by atoms with Crippen LogP contribution in [-0.2, 0) is 11.2 Å². The van der Waals surface area contributed by atoms with E-state index in [2.05, 4.69) is 20.3 Å². The molecule has 0 atom stereocenters. The predicted molar refractivity (Wildman–Crippen MR) is 73.3 cm³/mol. The average Bonchev–Trinajstić information content (AvgIpc) is 3.02. The maximum Gasteiger partial charge on any atom is 0.228 e. The lowest BCUT2D eigenvalue weighted by atomic mass is 10.0. The molecule has 2 aromatic heterocycles. The third-order valence-corrected chi connectivity index (χ3v) is 3.43. The van der Waals surface area contributed by atoms with E-state index in [-0.39, 0.29) is 11.7 Å². The van der Waals surface area contributed by atoms with Crippen LogP contribution in [0.5, 0.6) is 5.75 Å². The number of aromatic hydroxyl groups is 1. The van der Waals surface area contributed by atoms with Crippen molar-refractivity contribution in [3.05, 3.63) is 36.3 Å². The summed E-state index contributed by atoms with van der Waals surface area (Å²) in [6.45, 7) is 0. The van der Waals surface area contributed by atoms with Crippen molar-refractivity contribution >= 4 is 22.6 Å². The smallest absolute Gasteiger partial charge is 0.228 e. The molecule has 3 N–H and O–H groups in total. The van der Waals surface area contributed by atoms with Gasteiger partial charge in [0.2, 0.25) is 5.91 Å². The van der Waals surface area contributed by atoms with Crippen molar-refractivity contribution in [2.75, 3.05) is 5.32 Å². The number of aromatic amines is 1. The van der Waals surface area contributed by atoms with Gasteiger partial charge in [-0.25, -0.2) is 4.98 Å². The molecule has 0 aliphatic carbocycles. The number of benzene rings is 1. The van der Waals surface area contributed by atoms with Gasteiger partial charge in [-0.15, -0.1) is 0 Å². The van der Waals surface area contributed by atoms with E-state index in [4.69, 9.17) is 0 Å². The molecule has 4 rings (SSSR count). The van der Waals surface area contributed by atoms with Gasteiger partial charge in [-0.2, -0.15) is 0 Å². The molecule has 1 aromatic carbocycles. The lowest BCUT2D eigenvalue weighted by Gasteiger charge is -2.10. The Morgan fingerprint density at radius 3 is 3.05 bits per heavy atom. The Hall–Kier alpha value is -2.89. The molecule has 0 radical (unpaired) electrons. The number of nitrogens with one attached hydrogen (secondary N) is 2. The number of H-pyrrole nitrogens is 1. The molecule has 1 aliphatic rings. The Balaban J connectivity index is 2.13. The molecular weight excluding hydrogens is 256 g/mol. The number of aromatic nitrogens is 3. The molecule has 1 amide bonds. The van der Waals surface area contributed by atoms with Crippen molar-refractivity contribution in [3.63, 3.8) is 0 Å². The third kappa shape index (κ3) is 1.41. The van der Waals surface area contributed by atoms with Crippen molar-refractivity contribution in [2.24, 2.45) is 0 Å². The summed E-state index contributed by atoms with van der Waals surface area (Å²) < 4.78 is 0. The molecule has 0 fully saturated rings. The summed E-state index contributed by atoms with van der Waals surface area (Å²) in [4.78, 5) is 23.2. The molecule has 1 aliphatic heterocycles. The second-order valence-electron chi connectivity index (χ2n) is 4.68. The molecule has 0 unspecified atom stereocenters. The van der Waals surface area contributed by atoms with Crippen LogP contribution in [0.15, 0.2) is 30.7 Å². The van der Waals surface area contributed by atoms with E-state index in [1.807, 2.05) is 6.07 Å². The van der Waals surface area contributed by atoms with Crippen molar-refractivity contribution in [3.8, 4) is 17.0 Å². The van der Waals surface area contributed by atoms with Gasteiger partial charge >= 0.3 is 0 Å². The number of carbonyl (C=O) groups is 1. The molecule has 20 heavy (non-hydrogen) atoms. The second-order valence-corrected chi connectivity index (χ2v) is 4.68. The summed E-state index contributed by atoms with van der Waals surface area (Å²) in [5, 5.41) is 12.9. The quantitative estimate of drug-likeness (QED) is 0.626. The van der Waals surface area contributed by atoms with Crippen molar-refractivity contribution < 1.29 is 9.90 Å². The van der Waals surface area contributed by atoms with E-state index in [0.29, 0.717) is 28.9 Å². The van der Waals surface area contributed by atoms with Crippen LogP contribution in [0.4, 0.5) is 5.69 Å². The first-order chi connectivity index (χ1) is 9.74. The first-order valence-electron chi connectivity index (χ1n) is 6.17. The number of imidazole rings is 1. The van der Waals surface area contributed by atoms with Crippen LogP contribution in [0.3, 0.4) is 0 Å². The molecular formula is C14H10N4O2. The molecule has 3 heterocycles. The van der Waals surface area contributed by atoms with E-state index in [9.17, 15) is 9.90 Å². The first-order valence-corrected chi connectivity index (χ1v) is 6.17. The van der Waals surface area contributed by atoms with Crippen LogP contribution in [0.25, 0.3) is 22.3 Å². The number of fused-ring (bicyclic) bond motifs is 2. The maximum atomic E-state index is 11.6. The van der Waals surface area contributed by atoms with Crippen molar-refractivity contribution in [1.82, 2.24) is 15.0 Å². The predicted octanol–water partition coefficient (Wildman–Crippen LogP) is 1.83. The highest BCUT2D eigenvalue weighted by Crippen LogP contribution is 2.41. The van der Waals surface area contributed by atoms with Crippen molar-refractivity contribution in [1.29, 1.82) is 0 Å². The minimum absolute atomic E-state index is 0.0614. The lowest BCUT2D eigenvalue weighted by molar-refractivity contribution is -0.115. The number of pyridine rings is 1. The summed E-state index contributed by atoms with van der Waals surface area (Å²) in [6, 6.07) is 5.12. The highest BCUT2D eigenvalue weighted by molar-refractivity contribution is 6.10. The number of hydrogen-bond acceptors (Lipinski definition) is 4. The summed E-state index contributed by atoms with van der Waals surface area (Å²) >= 11 is 0. The normalized spacial score (nSPS) is 13.5. The fraction of sp³-hybridized carbons (Fsp3) is 0.0714. The van der Waals surface area contributed by atoms with Crippen LogP contribution in [0.2, 0.25) is 0 Å². The van der Waals surface area contributed by atoms with Gasteiger partial charge in [-0.05, 0) is 23.8 Å². The van der Waals surface area contributed by atoms with Gasteiger partial charge in [0, 0.05) is 6.20 Å². The molecule has 3 aromatic rings. The molecule has 6 heteroatoms. The molecule has 0 bridgehead atoms. The standard InChI is InChI=1S/C14H10N4O2/c19-9-2-1-3-15-14(9)11-12-7(5-10(20)18-12)4-8-13(11)17-6-16-8/h1-4,6,19H,5H2,(H,16,17)(H,18,20). The SMILES string of the molecule is O=C1Cc2cc3[nH]cnc3c(-c3ncccc3O)c2N1. The highest BCUT2D eigenvalue weighted by atomic mass is 16.3. The largest absolute Gasteiger partial charge is 0.506 e. The molecule has 0 saturated carbocycles. The fourth-order valence-corrected chi connectivity index (χ4v) is 2.60. The van der Waals surface area contributed by atoms with Crippen LogP contribution in [-0.4, -0.2) is 26.0 Å². The Bertz CT molecular complexity index is 854. The van der Waals surface area contributed by atoms with Gasteiger partial charge in [0.05, 0.1) is 35.0 Å². The zero-order chi connectivity index (χ0) is 13.7. The highest BCUT2D eigenvalue weighted by Gasteiger charge is 2.26. The molecule has 0 spiro atoms. The van der Waals surface area contributed by atoms with Gasteiger partial charge in [-0.3, -0.25) is 9.78 Å². The number of rotatable bonds is 1. The first kappa shape index (κ1) is 11.0. The van der Waals surface area contributed by atoms with E-state index in [1.54, 1.807) is 24.7 Å². The topological polar surface area (TPSA) is 90.9 Å². The van der Waals surface area contributed by atoms with E-state index >= 15 is 0 Å². The Kier molecular flexibility index (Phi) is 2.09. The van der Waals surface area contributed by atoms with Gasteiger partial charge in [0.1, 0.15) is 11.4 Å². The number of nitrogens with zero attached hydrogens (tertiary/aromatic N) is 2. The van der Waals surface area contributed by atoms with Gasteiger partial charge < -0.3 is 15.4 Å². The van der Waals surface area contributed by atoms with Crippen LogP contribution in [0.1, 0.15) is 5.56 Å². The molecule has 6 nitrogen and oxygen atoms in total.